The Bertz CT molecular complexity index is 3020. The van der Waals surface area contributed by atoms with Gasteiger partial charge in [-0.1, -0.05) is 114 Å². The Morgan fingerprint density at radius 2 is 0.837 bits per heavy atom. The molecule has 0 aliphatic carbocycles. The van der Waals surface area contributed by atoms with E-state index < -0.39 is 94.6 Å². The van der Waals surface area contributed by atoms with Crippen LogP contribution in [-0.4, -0.2) is 135 Å². The smallest absolute Gasteiger partial charge is 0.255 e. The number of benzene rings is 5. The number of fused-ring (bicyclic) bond motifs is 2. The van der Waals surface area contributed by atoms with Gasteiger partial charge in [0.2, 0.25) is 35.4 Å². The quantitative estimate of drug-likeness (QED) is 0.0398. The molecule has 0 unspecified atom stereocenters. The molecule has 0 bridgehead atoms. The van der Waals surface area contributed by atoms with Crippen LogP contribution in [0.25, 0.3) is 0 Å². The topological polar surface area (TPSA) is 258 Å². The third kappa shape index (κ3) is 16.2. The van der Waals surface area contributed by atoms with E-state index in [1.165, 1.54) is 34.1 Å². The highest BCUT2D eigenvalue weighted by Crippen LogP contribution is 2.33. The molecular formula is C66H84N10O10. The number of hydrogen-bond donors (Lipinski definition) is 8. The van der Waals surface area contributed by atoms with E-state index >= 15 is 0 Å². The lowest BCUT2D eigenvalue weighted by molar-refractivity contribution is -0.147. The SMILES string of the molecule is CN[C@@H](C)C(=O)N[C@H](C(=O)N1Cc2cc(NC(=O)c3ccc(C(=O)Nc4ccc5c(c4)CN(C(=O)[C@@H](NC(=O)[C@H](C)NC)C(C)(C)C)[C@H](C(=O)N[C@@H](COC)c4ccccc4)C5)cc3)ccc2C[C@H]1C(=O)N[C@@H](COC)c1ccccc1)C(C)(C)C. The molecule has 0 saturated heterocycles. The van der Waals surface area contributed by atoms with Gasteiger partial charge in [-0.2, -0.15) is 0 Å². The fourth-order valence-corrected chi connectivity index (χ4v) is 10.5. The standard InChI is InChI=1S/C66H84N10O10/c1-39(67-9)57(77)73-55(65(3,4)5)63(83)75-35-47-31-49(29-27-45(47)33-53(75)61(81)71-51(37-85-11)41-19-15-13-16-20-41)69-59(79)43-23-25-44(26-24-43)60(80)70-50-30-28-46-34-54(62(82)72-52(38-86-12)42-21-17-14-18-22-42)76(36-48(46)32-50)64(84)56(66(6,7)8)74-58(78)40(2)68-10/h13-32,39-40,51-56,67-68H,33-38H2,1-12H3,(H,69,79)(H,70,80)(H,71,81)(H,72,82)(H,73,77)(H,74,78)/t39-,40-,51-,52-,53-,54-,55+,56+/m0/s1. The Labute approximate surface area is 504 Å². The number of carbonyl (C=O) groups is 8. The first-order valence-corrected chi connectivity index (χ1v) is 29.1. The molecule has 0 fully saturated rings. The van der Waals surface area contributed by atoms with Gasteiger partial charge in [0.15, 0.2) is 0 Å². The highest BCUT2D eigenvalue weighted by molar-refractivity contribution is 6.07. The number of nitrogens with zero attached hydrogens (tertiary/aromatic N) is 2. The molecule has 86 heavy (non-hydrogen) atoms. The molecule has 5 aromatic carbocycles. The van der Waals surface area contributed by atoms with Gasteiger partial charge in [-0.25, -0.2) is 0 Å². The number of nitrogens with one attached hydrogen (secondary N) is 8. The Balaban J connectivity index is 1.08. The van der Waals surface area contributed by atoms with Gasteiger partial charge in [0, 0.05) is 62.7 Å². The molecular weight excluding hydrogens is 1090 g/mol. The summed E-state index contributed by atoms with van der Waals surface area (Å²) in [6.45, 7) is 14.9. The maximum absolute atomic E-state index is 14.9. The van der Waals surface area contributed by atoms with Crippen molar-refractivity contribution in [1.29, 1.82) is 0 Å². The summed E-state index contributed by atoms with van der Waals surface area (Å²) < 4.78 is 11.0. The number of methoxy groups -OCH3 is 2. The van der Waals surface area contributed by atoms with Gasteiger partial charge in [-0.15, -0.1) is 0 Å². The molecule has 8 atom stereocenters. The predicted molar refractivity (Wildman–Crippen MR) is 330 cm³/mol. The highest BCUT2D eigenvalue weighted by atomic mass is 16.5. The summed E-state index contributed by atoms with van der Waals surface area (Å²) in [6.07, 6.45) is 0.307. The lowest BCUT2D eigenvalue weighted by Crippen LogP contribution is -2.62. The van der Waals surface area contributed by atoms with Crippen LogP contribution in [-0.2, 0) is 64.2 Å². The first kappa shape index (κ1) is 65.2. The van der Waals surface area contributed by atoms with Gasteiger partial charge < -0.3 is 61.8 Å². The van der Waals surface area contributed by atoms with Gasteiger partial charge >= 0.3 is 0 Å². The minimum absolute atomic E-state index is 0.00116. The predicted octanol–water partition coefficient (Wildman–Crippen LogP) is 5.98. The largest absolute Gasteiger partial charge is 0.382 e. The van der Waals surface area contributed by atoms with E-state index in [0.717, 1.165) is 22.3 Å². The second-order valence-corrected chi connectivity index (χ2v) is 24.3. The molecule has 458 valence electrons. The molecule has 5 aromatic rings. The van der Waals surface area contributed by atoms with Crippen molar-refractivity contribution in [2.45, 2.75) is 130 Å². The summed E-state index contributed by atoms with van der Waals surface area (Å²) >= 11 is 0. The maximum atomic E-state index is 14.9. The van der Waals surface area contributed by atoms with Crippen LogP contribution in [0.3, 0.4) is 0 Å². The molecule has 0 radical (unpaired) electrons. The molecule has 2 heterocycles. The molecule has 20 nitrogen and oxygen atoms in total. The average Bonchev–Trinajstić information content (AvgIpc) is 0.918. The van der Waals surface area contributed by atoms with Crippen molar-refractivity contribution in [3.63, 3.8) is 0 Å². The molecule has 8 amide bonds. The van der Waals surface area contributed by atoms with Crippen molar-refractivity contribution in [3.8, 4) is 0 Å². The van der Waals surface area contributed by atoms with Crippen LogP contribution in [0.15, 0.2) is 121 Å². The number of rotatable bonds is 22. The van der Waals surface area contributed by atoms with Gasteiger partial charge in [0.05, 0.1) is 37.4 Å². The van der Waals surface area contributed by atoms with Crippen LogP contribution >= 0.6 is 0 Å². The number of anilines is 2. The van der Waals surface area contributed by atoms with E-state index in [9.17, 15) is 38.4 Å². The number of carbonyl (C=O) groups excluding carboxylic acids is 8. The molecule has 0 spiro atoms. The number of amides is 8. The van der Waals surface area contributed by atoms with E-state index in [4.69, 9.17) is 9.47 Å². The van der Waals surface area contributed by atoms with Gasteiger partial charge in [-0.3, -0.25) is 38.4 Å². The highest BCUT2D eigenvalue weighted by Gasteiger charge is 2.45. The van der Waals surface area contributed by atoms with Crippen molar-refractivity contribution in [2.75, 3.05) is 52.2 Å². The van der Waals surface area contributed by atoms with Crippen LogP contribution in [0.5, 0.6) is 0 Å². The van der Waals surface area contributed by atoms with Crippen molar-refractivity contribution in [1.82, 2.24) is 41.7 Å². The molecule has 0 aromatic heterocycles. The first-order valence-electron chi connectivity index (χ1n) is 29.1. The monoisotopic (exact) mass is 1180 g/mol. The molecule has 20 heteroatoms. The van der Waals surface area contributed by atoms with Gasteiger partial charge in [-0.05, 0) is 121 Å². The fraction of sp³-hybridized carbons (Fsp3) is 0.424. The Hall–Kier alpha value is -8.30. The summed E-state index contributed by atoms with van der Waals surface area (Å²) in [5, 5.41) is 23.8. The van der Waals surface area contributed by atoms with Gasteiger partial charge in [0.1, 0.15) is 24.2 Å². The summed E-state index contributed by atoms with van der Waals surface area (Å²) in [5.74, 6) is -3.33. The van der Waals surface area contributed by atoms with Crippen LogP contribution in [0, 0.1) is 10.8 Å². The molecule has 0 saturated carbocycles. The van der Waals surface area contributed by atoms with Crippen molar-refractivity contribution in [2.24, 2.45) is 10.8 Å². The molecule has 2 aliphatic heterocycles. The van der Waals surface area contributed by atoms with Crippen LogP contribution in [0.1, 0.15) is 122 Å². The Morgan fingerprint density at radius 1 is 0.488 bits per heavy atom. The van der Waals surface area contributed by atoms with E-state index in [0.29, 0.717) is 22.5 Å². The summed E-state index contributed by atoms with van der Waals surface area (Å²) in [6, 6.07) is 29.5. The van der Waals surface area contributed by atoms with Crippen molar-refractivity contribution >= 4 is 58.6 Å². The zero-order valence-electron chi connectivity index (χ0n) is 51.4. The van der Waals surface area contributed by atoms with Gasteiger partial charge in [0.25, 0.3) is 11.8 Å². The summed E-state index contributed by atoms with van der Waals surface area (Å²) in [5.41, 5.74) is 4.54. The number of ether oxygens (including phenoxy) is 2. The Morgan fingerprint density at radius 3 is 1.15 bits per heavy atom. The van der Waals surface area contributed by atoms with Crippen LogP contribution in [0.4, 0.5) is 11.4 Å². The zero-order valence-corrected chi connectivity index (χ0v) is 51.4. The lowest BCUT2D eigenvalue weighted by atomic mass is 9.84. The number of likely N-dealkylation sites (N-methyl/N-ethyl adjacent to an activating group) is 2. The Kier molecular flexibility index (Phi) is 21.8. The third-order valence-electron chi connectivity index (χ3n) is 15.9. The minimum atomic E-state index is -1.00. The van der Waals surface area contributed by atoms with E-state index in [2.05, 4.69) is 42.5 Å². The normalized spacial score (nSPS) is 17.0. The lowest BCUT2D eigenvalue weighted by Gasteiger charge is -2.41. The van der Waals surface area contributed by atoms with Crippen molar-refractivity contribution < 1.29 is 47.8 Å². The van der Waals surface area contributed by atoms with E-state index in [-0.39, 0.29) is 62.1 Å². The first-order chi connectivity index (χ1) is 40.8. The third-order valence-corrected chi connectivity index (χ3v) is 15.9. The van der Waals surface area contributed by atoms with Crippen LogP contribution < -0.4 is 42.5 Å². The van der Waals surface area contributed by atoms with E-state index in [1.54, 1.807) is 66.4 Å². The molecule has 7 rings (SSSR count). The second kappa shape index (κ2) is 28.7. The molecule has 2 aliphatic rings. The maximum Gasteiger partial charge on any atom is 0.255 e. The second-order valence-electron chi connectivity index (χ2n) is 24.3. The summed E-state index contributed by atoms with van der Waals surface area (Å²) in [7, 11) is 6.41. The van der Waals surface area contributed by atoms with E-state index in [1.807, 2.05) is 114 Å². The van der Waals surface area contributed by atoms with Crippen LogP contribution in [0.2, 0.25) is 0 Å². The zero-order chi connectivity index (χ0) is 62.6. The average molecular weight is 1180 g/mol. The number of hydrogen-bond acceptors (Lipinski definition) is 12. The molecule has 8 N–H and O–H groups in total. The van der Waals surface area contributed by atoms with Crippen molar-refractivity contribution in [3.05, 3.63) is 166 Å². The fourth-order valence-electron chi connectivity index (χ4n) is 10.5. The minimum Gasteiger partial charge on any atom is -0.382 e. The summed E-state index contributed by atoms with van der Waals surface area (Å²) in [4.78, 5) is 116.